The lowest BCUT2D eigenvalue weighted by Gasteiger charge is -2.44. The number of hydrogen-bond donors (Lipinski definition) is 0. The van der Waals surface area contributed by atoms with E-state index in [1.165, 1.54) is 80.1 Å². The molecule has 0 atom stereocenters. The van der Waals surface area contributed by atoms with E-state index in [0.717, 1.165) is 47.3 Å². The van der Waals surface area contributed by atoms with E-state index in [-0.39, 0.29) is 29.7 Å². The van der Waals surface area contributed by atoms with Crippen molar-refractivity contribution in [3.63, 3.8) is 0 Å². The van der Waals surface area contributed by atoms with Crippen LogP contribution in [0.15, 0.2) is 22.3 Å². The first-order valence-corrected chi connectivity index (χ1v) is 21.0. The Morgan fingerprint density at radius 3 is 0.635 bits per heavy atom. The molecule has 52 heavy (non-hydrogen) atoms. The Kier molecular flexibility index (Phi) is 40.4. The van der Waals surface area contributed by atoms with Crippen molar-refractivity contribution in [2.24, 2.45) is 63.6 Å². The van der Waals surface area contributed by atoms with Gasteiger partial charge in [0.15, 0.2) is 0 Å². The molecule has 0 radical (unpaired) electrons. The molecule has 2 rings (SSSR count). The van der Waals surface area contributed by atoms with Crippen LogP contribution in [-0.2, 0) is 0 Å². The predicted molar refractivity (Wildman–Crippen MR) is 254 cm³/mol. The first-order valence-electron chi connectivity index (χ1n) is 21.0. The minimum absolute atomic E-state index is 0. The van der Waals surface area contributed by atoms with Gasteiger partial charge in [-0.1, -0.05) is 209 Å². The molecule has 0 N–H and O–H groups in total. The van der Waals surface area contributed by atoms with Gasteiger partial charge in [-0.05, 0) is 131 Å². The molecule has 0 nitrogen and oxygen atoms in total. The van der Waals surface area contributed by atoms with Gasteiger partial charge in [-0.25, -0.2) is 0 Å². The van der Waals surface area contributed by atoms with Crippen LogP contribution in [0.1, 0.15) is 254 Å². The van der Waals surface area contributed by atoms with Crippen molar-refractivity contribution in [3.8, 4) is 0 Å². The number of rotatable bonds is 8. The van der Waals surface area contributed by atoms with E-state index in [2.05, 4.69) is 166 Å². The topological polar surface area (TPSA) is 0 Å². The molecule has 322 valence electrons. The van der Waals surface area contributed by atoms with Gasteiger partial charge in [0.1, 0.15) is 0 Å². The van der Waals surface area contributed by atoms with E-state index in [1.54, 1.807) is 0 Å². The van der Waals surface area contributed by atoms with Crippen LogP contribution in [0.25, 0.3) is 0 Å². The molecule has 0 amide bonds. The summed E-state index contributed by atoms with van der Waals surface area (Å²) in [7, 11) is 0. The highest BCUT2D eigenvalue weighted by molar-refractivity contribution is 5.09. The van der Waals surface area contributed by atoms with E-state index in [4.69, 9.17) is 0 Å². The summed E-state index contributed by atoms with van der Waals surface area (Å²) >= 11 is 0. The second-order valence-electron chi connectivity index (χ2n) is 19.7. The Bertz CT molecular complexity index is 786. The average molecular weight is 739 g/mol. The fraction of sp³-hybridized carbons (Fsp3) is 0.923. The molecule has 2 aliphatic carbocycles. The normalized spacial score (nSPS) is 15.7. The zero-order chi connectivity index (χ0) is 38.8. The maximum atomic E-state index is 2.41. The summed E-state index contributed by atoms with van der Waals surface area (Å²) in [6.07, 6.45) is 13.2. The van der Waals surface area contributed by atoms with Crippen molar-refractivity contribution in [3.05, 3.63) is 22.3 Å². The van der Waals surface area contributed by atoms with Gasteiger partial charge >= 0.3 is 0 Å². The van der Waals surface area contributed by atoms with Crippen molar-refractivity contribution in [2.75, 3.05) is 0 Å². The second kappa shape index (κ2) is 31.7. The maximum Gasteiger partial charge on any atom is -0.0251 e. The molecule has 0 heteroatoms. The summed E-state index contributed by atoms with van der Waals surface area (Å²) in [6.45, 7) is 55.0. The van der Waals surface area contributed by atoms with Crippen LogP contribution in [0.3, 0.4) is 0 Å². The molecule has 0 bridgehead atoms. The number of hydrogen-bond acceptors (Lipinski definition) is 0. The lowest BCUT2D eigenvalue weighted by molar-refractivity contribution is 0.0587. The fourth-order valence-electron chi connectivity index (χ4n) is 7.71. The predicted octanol–water partition coefficient (Wildman–Crippen LogP) is 20.0. The van der Waals surface area contributed by atoms with Crippen LogP contribution in [0, 0.1) is 63.6 Å². The summed E-state index contributed by atoms with van der Waals surface area (Å²) in [6, 6.07) is 0. The monoisotopic (exact) mass is 739 g/mol. The van der Waals surface area contributed by atoms with Gasteiger partial charge in [0.2, 0.25) is 0 Å². The first kappa shape index (κ1) is 66.3. The molecule has 2 saturated carbocycles. The molecule has 0 aliphatic heterocycles. The van der Waals surface area contributed by atoms with Gasteiger partial charge in [0, 0.05) is 0 Å². The van der Waals surface area contributed by atoms with E-state index in [1.807, 2.05) is 0 Å². The molecule has 0 unspecified atom stereocenters. The molecular weight excluding hydrogens is 625 g/mol. The first-order chi connectivity index (χ1) is 21.7. The SMILES string of the molecule is C.C.C.C.CC(C)=C(C)C(C)C.CC(C)=C(C)C(C)C.CC(C)C(C)(C)C(C)C.CC(C)C1(C(C)C)CCCC1.CC(C)C1(C(C)C)CCCCC1. The molecule has 0 aromatic carbocycles. The maximum absolute atomic E-state index is 2.41. The van der Waals surface area contributed by atoms with Crippen molar-refractivity contribution in [1.29, 1.82) is 0 Å². The van der Waals surface area contributed by atoms with Gasteiger partial charge in [-0.15, -0.1) is 0 Å². The van der Waals surface area contributed by atoms with Gasteiger partial charge in [0.25, 0.3) is 0 Å². The summed E-state index contributed by atoms with van der Waals surface area (Å²) in [5.74, 6) is 6.53. The Morgan fingerprint density at radius 2 is 0.558 bits per heavy atom. The van der Waals surface area contributed by atoms with Gasteiger partial charge in [-0.2, -0.15) is 0 Å². The fourth-order valence-corrected chi connectivity index (χ4v) is 7.71. The minimum atomic E-state index is 0. The Labute approximate surface area is 338 Å². The van der Waals surface area contributed by atoms with E-state index < -0.39 is 0 Å². The van der Waals surface area contributed by atoms with Crippen LogP contribution >= 0.6 is 0 Å². The second-order valence-corrected chi connectivity index (χ2v) is 19.7. The van der Waals surface area contributed by atoms with E-state index >= 15 is 0 Å². The lowest BCUT2D eigenvalue weighted by atomic mass is 9.61. The minimum Gasteiger partial charge on any atom is -0.0776 e. The summed E-state index contributed by atoms with van der Waals surface area (Å²) in [5, 5.41) is 0. The largest absolute Gasteiger partial charge is 0.0776 e. The Morgan fingerprint density at radius 1 is 0.365 bits per heavy atom. The van der Waals surface area contributed by atoms with Crippen molar-refractivity contribution >= 4 is 0 Å². The third-order valence-electron chi connectivity index (χ3n) is 14.2. The zero-order valence-electron chi connectivity index (χ0n) is 38.5. The van der Waals surface area contributed by atoms with Crippen LogP contribution in [0.5, 0.6) is 0 Å². The van der Waals surface area contributed by atoms with Gasteiger partial charge < -0.3 is 0 Å². The molecule has 0 aromatic heterocycles. The molecule has 0 saturated heterocycles. The molecule has 0 spiro atoms. The van der Waals surface area contributed by atoms with Crippen molar-refractivity contribution in [1.82, 2.24) is 0 Å². The average Bonchev–Trinajstić information content (AvgIpc) is 3.49. The highest BCUT2D eigenvalue weighted by Crippen LogP contribution is 2.50. The molecular formula is C52H114. The summed E-state index contributed by atoms with van der Waals surface area (Å²) in [5.41, 5.74) is 7.83. The van der Waals surface area contributed by atoms with Gasteiger partial charge in [-0.3, -0.25) is 0 Å². The van der Waals surface area contributed by atoms with Crippen molar-refractivity contribution in [2.45, 2.75) is 254 Å². The molecule has 2 aliphatic rings. The lowest BCUT2D eigenvalue weighted by Crippen LogP contribution is -2.35. The Balaban J connectivity index is -0.0000000965. The third kappa shape index (κ3) is 23.4. The highest BCUT2D eigenvalue weighted by Gasteiger charge is 2.39. The third-order valence-corrected chi connectivity index (χ3v) is 14.2. The standard InChI is InChI=1S/C12H24.C11H22.C9H20.2C8H16.4CH4/c1-10(2)12(11(3)4)8-6-5-7-9-12;1-9(2)11(10(3)4)7-5-6-8-11;1-7(2)9(5,6)8(3)4;2*1-6(2)8(5)7(3)4;;;;/h10-11H,5-9H2,1-4H3;9-10H,5-8H2,1-4H3;7-8H,1-6H3;2*6H,1-5H3;4*1H4. The smallest absolute Gasteiger partial charge is 0.0251 e. The number of allylic oxidation sites excluding steroid dienone is 4. The molecule has 0 aromatic rings. The van der Waals surface area contributed by atoms with Crippen LogP contribution in [0.4, 0.5) is 0 Å². The molecule has 0 heterocycles. The summed E-state index contributed by atoms with van der Waals surface area (Å²) < 4.78 is 0. The van der Waals surface area contributed by atoms with Crippen LogP contribution in [0.2, 0.25) is 0 Å². The van der Waals surface area contributed by atoms with Crippen molar-refractivity contribution < 1.29 is 0 Å². The van der Waals surface area contributed by atoms with Crippen LogP contribution < -0.4 is 0 Å². The van der Waals surface area contributed by atoms with E-state index in [0.29, 0.717) is 16.2 Å². The van der Waals surface area contributed by atoms with E-state index in [9.17, 15) is 0 Å². The quantitative estimate of drug-likeness (QED) is 0.218. The molecule has 2 fully saturated rings. The Hall–Kier alpha value is -0.520. The summed E-state index contributed by atoms with van der Waals surface area (Å²) in [4.78, 5) is 0. The van der Waals surface area contributed by atoms with Gasteiger partial charge in [0.05, 0.1) is 0 Å². The zero-order valence-corrected chi connectivity index (χ0v) is 38.5. The van der Waals surface area contributed by atoms with Crippen LogP contribution in [-0.4, -0.2) is 0 Å². The highest BCUT2D eigenvalue weighted by atomic mass is 14.4.